The maximum Gasteiger partial charge on any atom is 0.159 e. The standard InChI is InChI=1S/C15H13N3OS/c1-9-6-12(5-4-11(9)7-16)18-15(20)13(8-17)14(19)10-2-3-10/h4-6,10,13H,2-3H2,1H3,(H,18,20). The predicted molar refractivity (Wildman–Crippen MR) is 78.9 cm³/mol. The summed E-state index contributed by atoms with van der Waals surface area (Å²) in [5.74, 6) is -0.967. The van der Waals surface area contributed by atoms with Crippen molar-refractivity contribution < 1.29 is 4.79 Å². The number of carbonyl (C=O) groups is 1. The van der Waals surface area contributed by atoms with Crippen LogP contribution in [-0.2, 0) is 4.79 Å². The average molecular weight is 283 g/mol. The number of anilines is 1. The number of thiocarbonyl (C=S) groups is 1. The van der Waals surface area contributed by atoms with Gasteiger partial charge in [0.2, 0.25) is 0 Å². The first-order chi connectivity index (χ1) is 9.56. The zero-order valence-electron chi connectivity index (χ0n) is 11.0. The van der Waals surface area contributed by atoms with Crippen LogP contribution in [0.2, 0.25) is 0 Å². The minimum atomic E-state index is -0.881. The maximum absolute atomic E-state index is 11.9. The fourth-order valence-electron chi connectivity index (χ4n) is 1.94. The molecule has 2 rings (SSSR count). The molecule has 1 unspecified atom stereocenters. The Morgan fingerprint density at radius 3 is 2.65 bits per heavy atom. The van der Waals surface area contributed by atoms with Gasteiger partial charge in [-0.3, -0.25) is 4.79 Å². The van der Waals surface area contributed by atoms with Gasteiger partial charge in [-0.05, 0) is 43.5 Å². The SMILES string of the molecule is Cc1cc(NC(=S)C(C#N)C(=O)C2CC2)ccc1C#N. The zero-order valence-corrected chi connectivity index (χ0v) is 11.8. The second-order valence-electron chi connectivity index (χ2n) is 4.87. The van der Waals surface area contributed by atoms with Crippen molar-refractivity contribution in [2.75, 3.05) is 5.32 Å². The molecule has 20 heavy (non-hydrogen) atoms. The molecule has 0 heterocycles. The van der Waals surface area contributed by atoms with E-state index in [9.17, 15) is 4.79 Å². The highest BCUT2D eigenvalue weighted by molar-refractivity contribution is 7.80. The van der Waals surface area contributed by atoms with Gasteiger partial charge < -0.3 is 5.32 Å². The summed E-state index contributed by atoms with van der Waals surface area (Å²) >= 11 is 5.16. The van der Waals surface area contributed by atoms with Crippen LogP contribution in [0.25, 0.3) is 0 Å². The van der Waals surface area contributed by atoms with Crippen molar-refractivity contribution in [3.63, 3.8) is 0 Å². The van der Waals surface area contributed by atoms with Crippen molar-refractivity contribution in [1.82, 2.24) is 0 Å². The van der Waals surface area contributed by atoms with E-state index in [1.165, 1.54) is 0 Å². The first-order valence-electron chi connectivity index (χ1n) is 6.31. The Morgan fingerprint density at radius 2 is 2.15 bits per heavy atom. The van der Waals surface area contributed by atoms with Crippen LogP contribution in [0.4, 0.5) is 5.69 Å². The molecule has 1 atom stereocenters. The van der Waals surface area contributed by atoms with Gasteiger partial charge in [-0.25, -0.2) is 0 Å². The van der Waals surface area contributed by atoms with Crippen LogP contribution in [-0.4, -0.2) is 10.8 Å². The van der Waals surface area contributed by atoms with Crippen LogP contribution >= 0.6 is 12.2 Å². The number of ketones is 1. The molecule has 1 saturated carbocycles. The highest BCUT2D eigenvalue weighted by atomic mass is 32.1. The van der Waals surface area contributed by atoms with Crippen molar-refractivity contribution in [1.29, 1.82) is 10.5 Å². The highest BCUT2D eigenvalue weighted by Gasteiger charge is 2.36. The fourth-order valence-corrected chi connectivity index (χ4v) is 2.22. The molecule has 0 aromatic heterocycles. The fraction of sp³-hybridized carbons (Fsp3) is 0.333. The van der Waals surface area contributed by atoms with Crippen molar-refractivity contribution in [2.24, 2.45) is 11.8 Å². The van der Waals surface area contributed by atoms with Crippen molar-refractivity contribution in [2.45, 2.75) is 19.8 Å². The summed E-state index contributed by atoms with van der Waals surface area (Å²) in [6.45, 7) is 1.82. The van der Waals surface area contributed by atoms with Gasteiger partial charge >= 0.3 is 0 Å². The van der Waals surface area contributed by atoms with E-state index in [0.29, 0.717) is 11.3 Å². The van der Waals surface area contributed by atoms with E-state index in [1.54, 1.807) is 18.2 Å². The van der Waals surface area contributed by atoms with E-state index in [2.05, 4.69) is 11.4 Å². The van der Waals surface area contributed by atoms with Crippen molar-refractivity contribution in [3.8, 4) is 12.1 Å². The number of carbonyl (C=O) groups excluding carboxylic acids is 1. The number of hydrogen-bond donors (Lipinski definition) is 1. The lowest BCUT2D eigenvalue weighted by atomic mass is 10.0. The molecule has 1 aromatic rings. The Labute approximate surface area is 123 Å². The smallest absolute Gasteiger partial charge is 0.159 e. The number of rotatable bonds is 4. The first kappa shape index (κ1) is 14.2. The average Bonchev–Trinajstić information content (AvgIpc) is 3.24. The van der Waals surface area contributed by atoms with Gasteiger partial charge in [-0.15, -0.1) is 0 Å². The third kappa shape index (κ3) is 3.01. The second-order valence-corrected chi connectivity index (χ2v) is 5.31. The lowest BCUT2D eigenvalue weighted by Crippen LogP contribution is -2.28. The molecule has 4 nitrogen and oxygen atoms in total. The molecule has 1 aromatic carbocycles. The first-order valence-corrected chi connectivity index (χ1v) is 6.72. The Bertz CT molecular complexity index is 650. The monoisotopic (exact) mass is 283 g/mol. The molecule has 1 aliphatic rings. The minimum Gasteiger partial charge on any atom is -0.349 e. The van der Waals surface area contributed by atoms with Crippen LogP contribution in [0.5, 0.6) is 0 Å². The molecule has 5 heteroatoms. The van der Waals surface area contributed by atoms with Gasteiger partial charge in [0.15, 0.2) is 11.7 Å². The van der Waals surface area contributed by atoms with Gasteiger partial charge in [0.25, 0.3) is 0 Å². The van der Waals surface area contributed by atoms with E-state index >= 15 is 0 Å². The molecule has 0 radical (unpaired) electrons. The van der Waals surface area contributed by atoms with Gasteiger partial charge in [-0.1, -0.05) is 12.2 Å². The van der Waals surface area contributed by atoms with E-state index in [0.717, 1.165) is 18.4 Å². The van der Waals surface area contributed by atoms with Crippen molar-refractivity contribution >= 4 is 28.7 Å². The third-order valence-electron chi connectivity index (χ3n) is 3.27. The normalized spacial score (nSPS) is 14.8. The number of nitrogens with zero attached hydrogens (tertiary/aromatic N) is 2. The van der Waals surface area contributed by atoms with Gasteiger partial charge in [0.1, 0.15) is 4.99 Å². The largest absolute Gasteiger partial charge is 0.349 e. The quantitative estimate of drug-likeness (QED) is 0.860. The number of benzene rings is 1. The number of nitrogens with one attached hydrogen (secondary N) is 1. The second kappa shape index (κ2) is 5.81. The Hall–Kier alpha value is -2.24. The molecule has 0 spiro atoms. The summed E-state index contributed by atoms with van der Waals surface area (Å²) in [5, 5.41) is 20.9. The van der Waals surface area contributed by atoms with E-state index in [-0.39, 0.29) is 16.7 Å². The molecule has 100 valence electrons. The number of nitriles is 2. The van der Waals surface area contributed by atoms with E-state index in [4.69, 9.17) is 22.7 Å². The summed E-state index contributed by atoms with van der Waals surface area (Å²) in [6, 6.07) is 9.24. The number of aryl methyl sites for hydroxylation is 1. The molecule has 0 amide bonds. The zero-order chi connectivity index (χ0) is 14.7. The van der Waals surface area contributed by atoms with Crippen molar-refractivity contribution in [3.05, 3.63) is 29.3 Å². The highest BCUT2D eigenvalue weighted by Crippen LogP contribution is 2.32. The summed E-state index contributed by atoms with van der Waals surface area (Å²) in [4.78, 5) is 12.2. The lowest BCUT2D eigenvalue weighted by Gasteiger charge is -2.12. The predicted octanol–water partition coefficient (Wildman–Crippen LogP) is 2.72. The summed E-state index contributed by atoms with van der Waals surface area (Å²) in [7, 11) is 0. The molecular weight excluding hydrogens is 270 g/mol. The van der Waals surface area contributed by atoms with Crippen LogP contribution in [0.15, 0.2) is 18.2 Å². The van der Waals surface area contributed by atoms with Crippen LogP contribution < -0.4 is 5.32 Å². The minimum absolute atomic E-state index is 0.00195. The summed E-state index contributed by atoms with van der Waals surface area (Å²) < 4.78 is 0. The van der Waals surface area contributed by atoms with Gasteiger partial charge in [0, 0.05) is 11.6 Å². The topological polar surface area (TPSA) is 76.7 Å². The Morgan fingerprint density at radius 1 is 1.45 bits per heavy atom. The van der Waals surface area contributed by atoms with Gasteiger partial charge in [0.05, 0.1) is 17.7 Å². The third-order valence-corrected chi connectivity index (χ3v) is 3.61. The van der Waals surface area contributed by atoms with Crippen LogP contribution in [0.3, 0.4) is 0 Å². The molecule has 0 saturated heterocycles. The van der Waals surface area contributed by atoms with Crippen LogP contribution in [0, 0.1) is 41.4 Å². The van der Waals surface area contributed by atoms with E-state index < -0.39 is 5.92 Å². The van der Waals surface area contributed by atoms with E-state index in [1.807, 2.05) is 13.0 Å². The Balaban J connectivity index is 2.11. The molecule has 1 N–H and O–H groups in total. The number of hydrogen-bond acceptors (Lipinski definition) is 4. The lowest BCUT2D eigenvalue weighted by molar-refractivity contribution is -0.120. The van der Waals surface area contributed by atoms with Crippen LogP contribution in [0.1, 0.15) is 24.0 Å². The van der Waals surface area contributed by atoms with Gasteiger partial charge in [-0.2, -0.15) is 10.5 Å². The summed E-state index contributed by atoms with van der Waals surface area (Å²) in [5.41, 5.74) is 2.10. The number of Topliss-reactive ketones (excluding diaryl/α,β-unsaturated/α-hetero) is 1. The molecule has 0 aliphatic heterocycles. The molecular formula is C15H13N3OS. The Kier molecular flexibility index (Phi) is 4.12. The molecule has 1 aliphatic carbocycles. The summed E-state index contributed by atoms with van der Waals surface area (Å²) in [6.07, 6.45) is 1.71. The molecule has 0 bridgehead atoms. The maximum atomic E-state index is 11.9. The molecule has 1 fully saturated rings.